The fraction of sp³-hybridized carbons (Fsp3) is 0.0270. The van der Waals surface area contributed by atoms with Crippen molar-refractivity contribution >= 4 is 55.9 Å². The summed E-state index contributed by atoms with van der Waals surface area (Å²) in [5, 5.41) is 9.02. The van der Waals surface area contributed by atoms with Crippen molar-refractivity contribution in [2.24, 2.45) is 9.98 Å². The van der Waals surface area contributed by atoms with Gasteiger partial charge in [0.05, 0.1) is 16.1 Å². The van der Waals surface area contributed by atoms with Crippen LogP contribution in [0, 0.1) is 0 Å². The van der Waals surface area contributed by atoms with Crippen LogP contribution < -0.4 is 5.32 Å². The number of halogens is 1. The van der Waals surface area contributed by atoms with E-state index >= 15 is 0 Å². The Bertz CT molecular complexity index is 2160. The molecule has 0 spiro atoms. The van der Waals surface area contributed by atoms with Gasteiger partial charge in [0.1, 0.15) is 12.0 Å². The lowest BCUT2D eigenvalue weighted by atomic mass is 10.1. The quantitative estimate of drug-likeness (QED) is 0.229. The Morgan fingerprint density at radius 2 is 1.31 bits per heavy atom. The second kappa shape index (κ2) is 10.0. The molecule has 8 rings (SSSR count). The molecule has 2 heterocycles. The number of nitrogens with one attached hydrogen (secondary N) is 1. The highest BCUT2D eigenvalue weighted by atomic mass is 35.5. The zero-order valence-corrected chi connectivity index (χ0v) is 23.3. The average Bonchev–Trinajstić information content (AvgIpc) is 3.38. The number of hydrogen-bond donors (Lipinski definition) is 1. The number of aliphatic imine (C=N–C) groups is 2. The van der Waals surface area contributed by atoms with Gasteiger partial charge in [0, 0.05) is 27.6 Å². The Kier molecular flexibility index (Phi) is 5.87. The molecule has 1 aromatic heterocycles. The van der Waals surface area contributed by atoms with Gasteiger partial charge in [-0.1, -0.05) is 109 Å². The van der Waals surface area contributed by atoms with Gasteiger partial charge in [-0.25, -0.2) is 9.98 Å². The lowest BCUT2D eigenvalue weighted by Crippen LogP contribution is -2.33. The van der Waals surface area contributed by atoms with Crippen LogP contribution in [0.5, 0.6) is 0 Å². The van der Waals surface area contributed by atoms with Crippen molar-refractivity contribution in [1.29, 1.82) is 0 Å². The molecule has 1 aliphatic heterocycles. The van der Waals surface area contributed by atoms with E-state index in [-0.39, 0.29) is 6.17 Å². The fourth-order valence-corrected chi connectivity index (χ4v) is 6.12. The normalized spacial score (nSPS) is 15.0. The molecule has 7 aromatic rings. The van der Waals surface area contributed by atoms with Gasteiger partial charge >= 0.3 is 0 Å². The van der Waals surface area contributed by atoms with Crippen LogP contribution in [0.3, 0.4) is 0 Å². The van der Waals surface area contributed by atoms with Crippen molar-refractivity contribution in [3.63, 3.8) is 0 Å². The zero-order chi connectivity index (χ0) is 28.0. The molecule has 0 saturated heterocycles. The predicted molar refractivity (Wildman–Crippen MR) is 175 cm³/mol. The van der Waals surface area contributed by atoms with Crippen LogP contribution in [-0.4, -0.2) is 16.2 Å². The summed E-state index contributed by atoms with van der Waals surface area (Å²) < 4.78 is 2.27. The van der Waals surface area contributed by atoms with E-state index in [4.69, 9.17) is 21.6 Å². The van der Waals surface area contributed by atoms with Crippen molar-refractivity contribution in [3.8, 4) is 5.69 Å². The molecule has 0 bridgehead atoms. The second-order valence-corrected chi connectivity index (χ2v) is 10.9. The van der Waals surface area contributed by atoms with Gasteiger partial charge < -0.3 is 9.88 Å². The third-order valence-corrected chi connectivity index (χ3v) is 8.20. The van der Waals surface area contributed by atoms with Gasteiger partial charge in [-0.15, -0.1) is 0 Å². The number of para-hydroxylation sites is 1. The minimum atomic E-state index is -0.238. The highest BCUT2D eigenvalue weighted by molar-refractivity contribution is 6.36. The first-order valence-electron chi connectivity index (χ1n) is 14.0. The summed E-state index contributed by atoms with van der Waals surface area (Å²) in [5.74, 6) is 1.50. The maximum Gasteiger partial charge on any atom is 0.159 e. The Morgan fingerprint density at radius 1 is 0.619 bits per heavy atom. The molecule has 0 radical (unpaired) electrons. The molecule has 0 aliphatic carbocycles. The fourth-order valence-electron chi connectivity index (χ4n) is 5.86. The first-order valence-corrected chi connectivity index (χ1v) is 14.4. The van der Waals surface area contributed by atoms with Crippen LogP contribution in [0.1, 0.15) is 22.9 Å². The van der Waals surface area contributed by atoms with Crippen LogP contribution in [0.15, 0.2) is 150 Å². The smallest absolute Gasteiger partial charge is 0.159 e. The van der Waals surface area contributed by atoms with Gasteiger partial charge in [0.25, 0.3) is 0 Å². The molecule has 6 aromatic carbocycles. The van der Waals surface area contributed by atoms with Gasteiger partial charge in [0.15, 0.2) is 5.84 Å². The van der Waals surface area contributed by atoms with Crippen molar-refractivity contribution in [2.75, 3.05) is 0 Å². The van der Waals surface area contributed by atoms with E-state index in [2.05, 4.69) is 88.7 Å². The van der Waals surface area contributed by atoms with Gasteiger partial charge in [0.2, 0.25) is 0 Å². The average molecular weight is 561 g/mol. The molecule has 5 heteroatoms. The third kappa shape index (κ3) is 4.16. The zero-order valence-electron chi connectivity index (χ0n) is 22.6. The number of benzene rings is 6. The Hall–Kier alpha value is -5.19. The molecular formula is C37H25ClN4. The van der Waals surface area contributed by atoms with Crippen LogP contribution in [0.25, 0.3) is 38.3 Å². The SMILES string of the molecule is Clc1cccc2c3cc4ccccc4cc3n(-c3ccc(C4=NC(c5ccccc5)=NC(c5ccccc5)N4)cc3)c12. The van der Waals surface area contributed by atoms with E-state index in [9.17, 15) is 0 Å². The highest BCUT2D eigenvalue weighted by Crippen LogP contribution is 2.38. The number of hydrogen-bond acceptors (Lipinski definition) is 3. The molecule has 1 N–H and O–H groups in total. The number of nitrogens with zero attached hydrogens (tertiary/aromatic N) is 3. The van der Waals surface area contributed by atoms with Crippen molar-refractivity contribution in [3.05, 3.63) is 161 Å². The first-order chi connectivity index (χ1) is 20.7. The molecule has 0 fully saturated rings. The van der Waals surface area contributed by atoms with Crippen molar-refractivity contribution in [1.82, 2.24) is 9.88 Å². The summed E-state index contributed by atoms with van der Waals surface area (Å²) >= 11 is 6.85. The summed E-state index contributed by atoms with van der Waals surface area (Å²) in [6.07, 6.45) is -0.238. The van der Waals surface area contributed by atoms with Crippen LogP contribution in [-0.2, 0) is 0 Å². The maximum atomic E-state index is 6.85. The van der Waals surface area contributed by atoms with Crippen LogP contribution >= 0.6 is 11.6 Å². The predicted octanol–water partition coefficient (Wildman–Crippen LogP) is 9.09. The summed E-state index contributed by atoms with van der Waals surface area (Å²) in [6.45, 7) is 0. The van der Waals surface area contributed by atoms with Crippen molar-refractivity contribution in [2.45, 2.75) is 6.17 Å². The molecule has 42 heavy (non-hydrogen) atoms. The number of amidine groups is 2. The monoisotopic (exact) mass is 560 g/mol. The lowest BCUT2D eigenvalue weighted by Gasteiger charge is -2.23. The van der Waals surface area contributed by atoms with Gasteiger partial charge in [-0.2, -0.15) is 0 Å². The number of aromatic nitrogens is 1. The highest BCUT2D eigenvalue weighted by Gasteiger charge is 2.21. The second-order valence-electron chi connectivity index (χ2n) is 10.5. The Morgan fingerprint density at radius 3 is 2.07 bits per heavy atom. The van der Waals surface area contributed by atoms with Crippen LogP contribution in [0.4, 0.5) is 0 Å². The maximum absolute atomic E-state index is 6.85. The molecule has 1 aliphatic rings. The minimum absolute atomic E-state index is 0.238. The van der Waals surface area contributed by atoms with Gasteiger partial charge in [-0.05, 0) is 58.8 Å². The molecule has 4 nitrogen and oxygen atoms in total. The van der Waals surface area contributed by atoms with E-state index in [0.717, 1.165) is 49.7 Å². The summed E-state index contributed by atoms with van der Waals surface area (Å²) in [6, 6.07) is 48.1. The summed E-state index contributed by atoms with van der Waals surface area (Å²) in [7, 11) is 0. The largest absolute Gasteiger partial charge is 0.344 e. The van der Waals surface area contributed by atoms with Gasteiger partial charge in [-0.3, -0.25) is 0 Å². The van der Waals surface area contributed by atoms with Crippen molar-refractivity contribution < 1.29 is 0 Å². The van der Waals surface area contributed by atoms with E-state index in [1.807, 2.05) is 60.7 Å². The molecule has 200 valence electrons. The number of rotatable bonds is 4. The Balaban J connectivity index is 1.25. The molecule has 1 atom stereocenters. The lowest BCUT2D eigenvalue weighted by molar-refractivity contribution is 0.674. The summed E-state index contributed by atoms with van der Waals surface area (Å²) in [4.78, 5) is 9.92. The topological polar surface area (TPSA) is 41.7 Å². The van der Waals surface area contributed by atoms with Crippen LogP contribution in [0.2, 0.25) is 5.02 Å². The molecule has 0 amide bonds. The van der Waals surface area contributed by atoms with E-state index in [1.54, 1.807) is 0 Å². The Labute approximate surface area is 248 Å². The first kappa shape index (κ1) is 24.6. The van der Waals surface area contributed by atoms with E-state index in [1.165, 1.54) is 16.2 Å². The molecule has 0 saturated carbocycles. The van der Waals surface area contributed by atoms with E-state index in [0.29, 0.717) is 5.84 Å². The standard InChI is InChI=1S/C37H25ClN4/c38-32-17-9-16-30-31-22-27-14-7-8-15-28(27)23-33(31)42(34(30)32)29-20-18-26(19-21-29)37-40-35(24-10-3-1-4-11-24)39-36(41-37)25-12-5-2-6-13-25/h1-23,35H,(H,39,40,41). The molecular weight excluding hydrogens is 536 g/mol. The number of fused-ring (bicyclic) bond motifs is 4. The van der Waals surface area contributed by atoms with E-state index < -0.39 is 0 Å². The third-order valence-electron chi connectivity index (χ3n) is 7.89. The summed E-state index contributed by atoms with van der Waals surface area (Å²) in [5.41, 5.74) is 6.23. The molecule has 1 unspecified atom stereocenters. The minimum Gasteiger partial charge on any atom is -0.344 e.